The van der Waals surface area contributed by atoms with Crippen LogP contribution in [0.1, 0.15) is 49.0 Å². The number of aliphatic imine (C=N–C) groups is 1. The van der Waals surface area contributed by atoms with Gasteiger partial charge < -0.3 is 4.74 Å². The Kier molecular flexibility index (Phi) is 5.77. The van der Waals surface area contributed by atoms with Crippen LogP contribution in [0.3, 0.4) is 0 Å². The maximum absolute atomic E-state index is 9.26. The summed E-state index contributed by atoms with van der Waals surface area (Å²) in [5, 5.41) is 11.9. The van der Waals surface area contributed by atoms with Crippen molar-refractivity contribution in [3.8, 4) is 22.9 Å². The number of isothiocyanates is 1. The van der Waals surface area contributed by atoms with Crippen LogP contribution < -0.4 is 4.74 Å². The quantitative estimate of drug-likeness (QED) is 0.341. The molecule has 2 atom stereocenters. The van der Waals surface area contributed by atoms with Gasteiger partial charge in [-0.05, 0) is 59.6 Å². The number of benzene rings is 3. The number of nitriles is 1. The van der Waals surface area contributed by atoms with Crippen LogP contribution in [0, 0.1) is 11.3 Å². The van der Waals surface area contributed by atoms with Gasteiger partial charge >= 0.3 is 0 Å². The minimum absolute atomic E-state index is 0.0925. The highest BCUT2D eigenvalue weighted by atomic mass is 32.1. The Morgan fingerprint density at radius 3 is 2.60 bits per heavy atom. The summed E-state index contributed by atoms with van der Waals surface area (Å²) in [6, 6.07) is 26.3. The van der Waals surface area contributed by atoms with Crippen molar-refractivity contribution in [1.82, 2.24) is 0 Å². The summed E-state index contributed by atoms with van der Waals surface area (Å²) in [4.78, 5) is 4.72. The standard InChI is InChI=1S/C26H22N2OS/c1-2-13-26(28-18-30)16-25(20-8-4-3-5-9-20)29-24-12-11-22(15-23(24)26)21-10-6-7-19(14-21)17-27/h3-12,14-15,25H,2,13,16H2,1H3. The summed E-state index contributed by atoms with van der Waals surface area (Å²) in [6.45, 7) is 2.16. The lowest BCUT2D eigenvalue weighted by Crippen LogP contribution is -2.33. The highest BCUT2D eigenvalue weighted by molar-refractivity contribution is 7.78. The van der Waals surface area contributed by atoms with E-state index in [1.54, 1.807) is 0 Å². The second-order valence-corrected chi connectivity index (χ2v) is 7.79. The molecule has 148 valence electrons. The molecule has 1 aliphatic rings. The zero-order chi connectivity index (χ0) is 21.0. The number of thiocarbonyl (C=S) groups is 1. The average Bonchev–Trinajstić information content (AvgIpc) is 2.80. The summed E-state index contributed by atoms with van der Waals surface area (Å²) in [7, 11) is 0. The molecule has 3 aromatic rings. The van der Waals surface area contributed by atoms with Gasteiger partial charge in [-0.25, -0.2) is 4.99 Å². The molecule has 0 N–H and O–H groups in total. The Balaban J connectivity index is 1.85. The van der Waals surface area contributed by atoms with Gasteiger partial charge in [-0.1, -0.05) is 61.9 Å². The minimum Gasteiger partial charge on any atom is -0.485 e. The SMILES string of the molecule is CCCC1(N=C=S)CC(c2ccccc2)Oc2ccc(-c3cccc(C#N)c3)cc21. The maximum Gasteiger partial charge on any atom is 0.126 e. The first kappa shape index (κ1) is 20.0. The van der Waals surface area contributed by atoms with E-state index in [4.69, 9.17) is 21.9 Å². The van der Waals surface area contributed by atoms with E-state index in [0.717, 1.165) is 40.8 Å². The summed E-state index contributed by atoms with van der Waals surface area (Å²) < 4.78 is 6.43. The van der Waals surface area contributed by atoms with Gasteiger partial charge in [0.15, 0.2) is 0 Å². The third kappa shape index (κ3) is 3.78. The Hall–Kier alpha value is -3.25. The Bertz CT molecular complexity index is 1150. The molecule has 0 radical (unpaired) electrons. The molecule has 3 aromatic carbocycles. The summed E-state index contributed by atoms with van der Waals surface area (Å²) >= 11 is 5.07. The van der Waals surface area contributed by atoms with Gasteiger partial charge in [0.25, 0.3) is 0 Å². The molecule has 3 nitrogen and oxygen atoms in total. The van der Waals surface area contributed by atoms with Crippen LogP contribution in [-0.4, -0.2) is 5.16 Å². The molecule has 0 spiro atoms. The van der Waals surface area contributed by atoms with Crippen molar-refractivity contribution >= 4 is 17.4 Å². The van der Waals surface area contributed by atoms with Crippen LogP contribution in [-0.2, 0) is 5.54 Å². The molecule has 2 unspecified atom stereocenters. The average molecular weight is 411 g/mol. The lowest BCUT2D eigenvalue weighted by atomic mass is 9.77. The molecule has 30 heavy (non-hydrogen) atoms. The Labute approximate surface area is 182 Å². The molecule has 0 amide bonds. The second-order valence-electron chi connectivity index (χ2n) is 7.61. The van der Waals surface area contributed by atoms with Crippen LogP contribution in [0.15, 0.2) is 77.8 Å². The molecule has 1 aliphatic heterocycles. The first-order chi connectivity index (χ1) is 14.7. The zero-order valence-electron chi connectivity index (χ0n) is 16.8. The monoisotopic (exact) mass is 410 g/mol. The largest absolute Gasteiger partial charge is 0.485 e. The number of ether oxygens (including phenoxy) is 1. The minimum atomic E-state index is -0.479. The number of nitrogens with zero attached hydrogens (tertiary/aromatic N) is 2. The van der Waals surface area contributed by atoms with Crippen molar-refractivity contribution in [2.24, 2.45) is 4.99 Å². The summed E-state index contributed by atoms with van der Waals surface area (Å²) in [5.41, 5.74) is 4.37. The fourth-order valence-electron chi connectivity index (χ4n) is 4.31. The Morgan fingerprint density at radius 1 is 1.07 bits per heavy atom. The predicted octanol–water partition coefficient (Wildman–Crippen LogP) is 6.85. The highest BCUT2D eigenvalue weighted by Crippen LogP contribution is 2.50. The number of hydrogen-bond acceptors (Lipinski definition) is 4. The number of fused-ring (bicyclic) bond motifs is 1. The molecule has 4 heteroatoms. The molecular formula is C26H22N2OS. The van der Waals surface area contributed by atoms with Crippen molar-refractivity contribution < 1.29 is 4.74 Å². The van der Waals surface area contributed by atoms with E-state index in [2.05, 4.69) is 36.4 Å². The van der Waals surface area contributed by atoms with E-state index < -0.39 is 5.54 Å². The second kappa shape index (κ2) is 8.63. The van der Waals surface area contributed by atoms with E-state index in [-0.39, 0.29) is 6.10 Å². The third-order valence-corrected chi connectivity index (χ3v) is 5.78. The fraction of sp³-hybridized carbons (Fsp3) is 0.231. The third-order valence-electron chi connectivity index (χ3n) is 5.69. The summed E-state index contributed by atoms with van der Waals surface area (Å²) in [6.07, 6.45) is 2.45. The van der Waals surface area contributed by atoms with Crippen LogP contribution in [0.5, 0.6) is 5.75 Å². The summed E-state index contributed by atoms with van der Waals surface area (Å²) in [5.74, 6) is 0.831. The molecule has 1 heterocycles. The molecule has 0 bridgehead atoms. The van der Waals surface area contributed by atoms with Gasteiger partial charge in [0.1, 0.15) is 17.4 Å². The van der Waals surface area contributed by atoms with Gasteiger partial charge in [-0.3, -0.25) is 0 Å². The fourth-order valence-corrected chi connectivity index (χ4v) is 4.48. The van der Waals surface area contributed by atoms with Crippen molar-refractivity contribution in [3.63, 3.8) is 0 Å². The van der Waals surface area contributed by atoms with Crippen LogP contribution in [0.2, 0.25) is 0 Å². The highest BCUT2D eigenvalue weighted by Gasteiger charge is 2.42. The number of rotatable bonds is 5. The van der Waals surface area contributed by atoms with E-state index >= 15 is 0 Å². The normalized spacial score (nSPS) is 19.7. The van der Waals surface area contributed by atoms with E-state index in [1.165, 1.54) is 0 Å². The van der Waals surface area contributed by atoms with Crippen molar-refractivity contribution in [2.45, 2.75) is 37.8 Å². The van der Waals surface area contributed by atoms with Crippen molar-refractivity contribution in [2.75, 3.05) is 0 Å². The molecule has 0 saturated heterocycles. The maximum atomic E-state index is 9.26. The topological polar surface area (TPSA) is 45.4 Å². The number of hydrogen-bond donors (Lipinski definition) is 0. The molecule has 0 fully saturated rings. The first-order valence-corrected chi connectivity index (χ1v) is 10.6. The molecule has 0 aliphatic carbocycles. The van der Waals surface area contributed by atoms with E-state index in [0.29, 0.717) is 12.0 Å². The van der Waals surface area contributed by atoms with Gasteiger partial charge in [-0.15, -0.1) is 0 Å². The van der Waals surface area contributed by atoms with E-state index in [9.17, 15) is 5.26 Å². The van der Waals surface area contributed by atoms with Gasteiger partial charge in [0.05, 0.1) is 16.8 Å². The molecule has 4 rings (SSSR count). The van der Waals surface area contributed by atoms with Gasteiger partial charge in [-0.2, -0.15) is 5.26 Å². The van der Waals surface area contributed by atoms with Crippen LogP contribution in [0.25, 0.3) is 11.1 Å². The van der Waals surface area contributed by atoms with Crippen LogP contribution >= 0.6 is 12.2 Å². The van der Waals surface area contributed by atoms with Crippen LogP contribution in [0.4, 0.5) is 0 Å². The van der Waals surface area contributed by atoms with Gasteiger partial charge in [0, 0.05) is 12.0 Å². The lowest BCUT2D eigenvalue weighted by Gasteiger charge is -2.39. The molecule has 0 saturated carbocycles. The molecule has 0 aromatic heterocycles. The zero-order valence-corrected chi connectivity index (χ0v) is 17.7. The smallest absolute Gasteiger partial charge is 0.126 e. The lowest BCUT2D eigenvalue weighted by molar-refractivity contribution is 0.121. The Morgan fingerprint density at radius 2 is 1.87 bits per heavy atom. The predicted molar refractivity (Wildman–Crippen MR) is 123 cm³/mol. The van der Waals surface area contributed by atoms with Gasteiger partial charge in [0.2, 0.25) is 0 Å². The first-order valence-electron chi connectivity index (χ1n) is 10.1. The molecular weight excluding hydrogens is 388 g/mol. The van der Waals surface area contributed by atoms with Crippen molar-refractivity contribution in [3.05, 3.63) is 89.5 Å². The van der Waals surface area contributed by atoms with E-state index in [1.807, 2.05) is 54.6 Å². The van der Waals surface area contributed by atoms with Crippen molar-refractivity contribution in [1.29, 1.82) is 5.26 Å².